The first-order chi connectivity index (χ1) is 9.85. The molecular formula is C15H23IN2O3. The van der Waals surface area contributed by atoms with Gasteiger partial charge in [0.25, 0.3) is 0 Å². The van der Waals surface area contributed by atoms with E-state index in [0.717, 1.165) is 35.5 Å². The molecule has 1 amide bonds. The molecule has 1 atom stereocenters. The summed E-state index contributed by atoms with van der Waals surface area (Å²) >= 11 is 2.15. The molecule has 5 nitrogen and oxygen atoms in total. The van der Waals surface area contributed by atoms with E-state index in [-0.39, 0.29) is 12.1 Å². The topological polar surface area (TPSA) is 54.7 Å². The Labute approximate surface area is 139 Å². The molecule has 1 aliphatic rings. The van der Waals surface area contributed by atoms with Gasteiger partial charge in [0.1, 0.15) is 11.4 Å². The summed E-state index contributed by atoms with van der Waals surface area (Å²) < 4.78 is 11.9. The Kier molecular flexibility index (Phi) is 5.54. The zero-order valence-corrected chi connectivity index (χ0v) is 15.0. The summed E-state index contributed by atoms with van der Waals surface area (Å²) in [6.45, 7) is 7.91. The van der Waals surface area contributed by atoms with Crippen LogP contribution in [0, 0.1) is 3.77 Å². The van der Waals surface area contributed by atoms with Crippen molar-refractivity contribution in [3.8, 4) is 0 Å². The second-order valence-electron chi connectivity index (χ2n) is 6.31. The summed E-state index contributed by atoms with van der Waals surface area (Å²) in [5.74, 6) is 0.918. The number of carbonyl (C=O) groups excluding carboxylic acids is 1. The van der Waals surface area contributed by atoms with Crippen LogP contribution in [0.1, 0.15) is 39.4 Å². The summed E-state index contributed by atoms with van der Waals surface area (Å²) in [5.41, 5.74) is -0.442. The lowest BCUT2D eigenvalue weighted by atomic mass is 10.2. The van der Waals surface area contributed by atoms with Crippen molar-refractivity contribution in [1.29, 1.82) is 0 Å². The molecular weight excluding hydrogens is 383 g/mol. The number of rotatable bonds is 4. The minimum Gasteiger partial charge on any atom is -0.454 e. The maximum atomic E-state index is 12.2. The van der Waals surface area contributed by atoms with Crippen LogP contribution in [0.2, 0.25) is 0 Å². The van der Waals surface area contributed by atoms with E-state index in [1.165, 1.54) is 0 Å². The Balaban J connectivity index is 1.80. The van der Waals surface area contributed by atoms with Gasteiger partial charge in [0.15, 0.2) is 3.77 Å². The fourth-order valence-corrected chi connectivity index (χ4v) is 2.88. The van der Waals surface area contributed by atoms with E-state index in [1.54, 1.807) is 0 Å². The van der Waals surface area contributed by atoms with Crippen molar-refractivity contribution in [1.82, 2.24) is 10.2 Å². The standard InChI is InChI=1S/C15H23IN2O3/c1-15(2,3)21-14(19)18-8-4-5-11(18)9-17-10-12-6-7-13(16)20-12/h6-7,11,17H,4-5,8-10H2,1-3H3. The number of amides is 1. The molecule has 1 saturated heterocycles. The zero-order valence-electron chi connectivity index (χ0n) is 12.8. The number of carbonyl (C=O) groups is 1. The van der Waals surface area contributed by atoms with Gasteiger partial charge in [0.2, 0.25) is 0 Å². The van der Waals surface area contributed by atoms with E-state index >= 15 is 0 Å². The molecule has 0 aliphatic carbocycles. The average molecular weight is 406 g/mol. The summed E-state index contributed by atoms with van der Waals surface area (Å²) in [6.07, 6.45) is 1.84. The Hall–Kier alpha value is -0.760. The van der Waals surface area contributed by atoms with Crippen LogP contribution >= 0.6 is 22.6 Å². The van der Waals surface area contributed by atoms with Gasteiger partial charge in [-0.3, -0.25) is 0 Å². The summed E-state index contributed by atoms with van der Waals surface area (Å²) in [6, 6.07) is 4.11. The van der Waals surface area contributed by atoms with Crippen LogP contribution in [0.25, 0.3) is 0 Å². The Bertz CT molecular complexity index is 482. The molecule has 1 fully saturated rings. The van der Waals surface area contributed by atoms with Gasteiger partial charge in [-0.2, -0.15) is 0 Å². The fourth-order valence-electron chi connectivity index (χ4n) is 2.42. The van der Waals surface area contributed by atoms with Crippen molar-refractivity contribution in [2.24, 2.45) is 0 Å². The number of halogens is 1. The molecule has 118 valence electrons. The van der Waals surface area contributed by atoms with E-state index in [4.69, 9.17) is 9.15 Å². The summed E-state index contributed by atoms with van der Waals surface area (Å²) in [7, 11) is 0. The molecule has 1 aromatic rings. The highest BCUT2D eigenvalue weighted by Crippen LogP contribution is 2.20. The van der Waals surface area contributed by atoms with Crippen molar-refractivity contribution in [2.45, 2.75) is 51.8 Å². The van der Waals surface area contributed by atoms with Crippen LogP contribution < -0.4 is 5.32 Å². The molecule has 1 unspecified atom stereocenters. The molecule has 21 heavy (non-hydrogen) atoms. The van der Waals surface area contributed by atoms with Crippen molar-refractivity contribution in [2.75, 3.05) is 13.1 Å². The first kappa shape index (κ1) is 16.6. The fraction of sp³-hybridized carbons (Fsp3) is 0.667. The smallest absolute Gasteiger partial charge is 0.410 e. The molecule has 1 aliphatic heterocycles. The predicted molar refractivity (Wildman–Crippen MR) is 89.1 cm³/mol. The number of ether oxygens (including phenoxy) is 1. The van der Waals surface area contributed by atoms with Gasteiger partial charge in [0, 0.05) is 19.1 Å². The Morgan fingerprint density at radius 1 is 1.52 bits per heavy atom. The lowest BCUT2D eigenvalue weighted by Crippen LogP contribution is -2.43. The van der Waals surface area contributed by atoms with E-state index in [2.05, 4.69) is 27.9 Å². The summed E-state index contributed by atoms with van der Waals surface area (Å²) in [5, 5.41) is 3.36. The zero-order chi connectivity index (χ0) is 15.5. The third kappa shape index (κ3) is 5.18. The molecule has 1 N–H and O–H groups in total. The van der Waals surface area contributed by atoms with Crippen LogP contribution in [0.15, 0.2) is 16.5 Å². The van der Waals surface area contributed by atoms with Crippen LogP contribution in [0.5, 0.6) is 0 Å². The highest BCUT2D eigenvalue weighted by molar-refractivity contribution is 14.1. The van der Waals surface area contributed by atoms with E-state index in [0.29, 0.717) is 6.54 Å². The van der Waals surface area contributed by atoms with E-state index in [1.807, 2.05) is 37.8 Å². The van der Waals surface area contributed by atoms with E-state index in [9.17, 15) is 4.79 Å². The minimum absolute atomic E-state index is 0.203. The molecule has 2 rings (SSSR count). The van der Waals surface area contributed by atoms with Gasteiger partial charge < -0.3 is 19.4 Å². The van der Waals surface area contributed by atoms with Gasteiger partial charge >= 0.3 is 6.09 Å². The largest absolute Gasteiger partial charge is 0.454 e. The van der Waals surface area contributed by atoms with Crippen molar-refractivity contribution >= 4 is 28.7 Å². The lowest BCUT2D eigenvalue weighted by Gasteiger charge is -2.28. The number of nitrogens with zero attached hydrogens (tertiary/aromatic N) is 1. The predicted octanol–water partition coefficient (Wildman–Crippen LogP) is 3.37. The molecule has 1 aromatic heterocycles. The van der Waals surface area contributed by atoms with Gasteiger partial charge in [0.05, 0.1) is 6.54 Å². The third-order valence-corrected chi connectivity index (χ3v) is 3.89. The molecule has 0 saturated carbocycles. The van der Waals surface area contributed by atoms with Crippen LogP contribution in [0.4, 0.5) is 4.79 Å². The molecule has 2 heterocycles. The summed E-state index contributed by atoms with van der Waals surface area (Å²) in [4.78, 5) is 14.0. The minimum atomic E-state index is -0.442. The maximum absolute atomic E-state index is 12.2. The second-order valence-corrected chi connectivity index (χ2v) is 7.37. The number of furan rings is 1. The van der Waals surface area contributed by atoms with Gasteiger partial charge in [-0.25, -0.2) is 4.79 Å². The van der Waals surface area contributed by atoms with Gasteiger partial charge in [-0.15, -0.1) is 0 Å². The highest BCUT2D eigenvalue weighted by atomic mass is 127. The lowest BCUT2D eigenvalue weighted by molar-refractivity contribution is 0.0226. The van der Waals surface area contributed by atoms with Crippen molar-refractivity contribution in [3.05, 3.63) is 21.7 Å². The average Bonchev–Trinajstić information content (AvgIpc) is 2.96. The van der Waals surface area contributed by atoms with Crippen molar-refractivity contribution < 1.29 is 13.9 Å². The number of likely N-dealkylation sites (tertiary alicyclic amines) is 1. The molecule has 0 bridgehead atoms. The first-order valence-corrected chi connectivity index (χ1v) is 8.37. The van der Waals surface area contributed by atoms with Gasteiger partial charge in [-0.1, -0.05) is 0 Å². The number of hydrogen-bond donors (Lipinski definition) is 1. The quantitative estimate of drug-likeness (QED) is 0.780. The van der Waals surface area contributed by atoms with Gasteiger partial charge in [-0.05, 0) is 68.3 Å². The second kappa shape index (κ2) is 7.00. The Morgan fingerprint density at radius 3 is 2.90 bits per heavy atom. The Morgan fingerprint density at radius 2 is 2.29 bits per heavy atom. The van der Waals surface area contributed by atoms with Crippen LogP contribution in [0.3, 0.4) is 0 Å². The monoisotopic (exact) mass is 406 g/mol. The van der Waals surface area contributed by atoms with Crippen LogP contribution in [-0.4, -0.2) is 35.7 Å². The molecule has 0 aromatic carbocycles. The van der Waals surface area contributed by atoms with Crippen molar-refractivity contribution in [3.63, 3.8) is 0 Å². The number of hydrogen-bond acceptors (Lipinski definition) is 4. The SMILES string of the molecule is CC(C)(C)OC(=O)N1CCCC1CNCc1ccc(I)o1. The molecule has 0 spiro atoms. The molecule has 0 radical (unpaired) electrons. The maximum Gasteiger partial charge on any atom is 0.410 e. The first-order valence-electron chi connectivity index (χ1n) is 7.30. The third-order valence-electron chi connectivity index (χ3n) is 3.31. The highest BCUT2D eigenvalue weighted by Gasteiger charge is 2.31. The number of nitrogens with one attached hydrogen (secondary N) is 1. The van der Waals surface area contributed by atoms with Crippen LogP contribution in [-0.2, 0) is 11.3 Å². The molecule has 6 heteroatoms. The normalized spacial score (nSPS) is 19.0. The van der Waals surface area contributed by atoms with E-state index < -0.39 is 5.60 Å².